The SMILES string of the molecule is COC(=O)CCCNc1ncnc2c1oc1ccccc12. The second-order valence-electron chi connectivity index (χ2n) is 4.60. The number of nitrogens with zero attached hydrogens (tertiary/aromatic N) is 2. The van der Waals surface area contributed by atoms with Gasteiger partial charge in [-0.2, -0.15) is 0 Å². The standard InChI is InChI=1S/C15H15N3O3/c1-20-12(19)7-4-8-16-15-14-13(17-9-18-15)10-5-2-3-6-11(10)21-14/h2-3,5-6,9H,4,7-8H2,1H3,(H,16,17,18). The Morgan fingerprint density at radius 3 is 3.05 bits per heavy atom. The molecule has 108 valence electrons. The number of methoxy groups -OCH3 is 1. The van der Waals surface area contributed by atoms with Gasteiger partial charge in [0, 0.05) is 18.4 Å². The van der Waals surface area contributed by atoms with E-state index < -0.39 is 0 Å². The maximum Gasteiger partial charge on any atom is 0.305 e. The number of hydrogen-bond acceptors (Lipinski definition) is 6. The Bertz CT molecular complexity index is 782. The summed E-state index contributed by atoms with van der Waals surface area (Å²) in [7, 11) is 1.39. The van der Waals surface area contributed by atoms with Crippen LogP contribution in [0.3, 0.4) is 0 Å². The van der Waals surface area contributed by atoms with Gasteiger partial charge in [-0.3, -0.25) is 4.79 Å². The molecule has 3 rings (SSSR count). The first-order valence-corrected chi connectivity index (χ1v) is 6.72. The van der Waals surface area contributed by atoms with Crippen molar-refractivity contribution in [3.63, 3.8) is 0 Å². The summed E-state index contributed by atoms with van der Waals surface area (Å²) in [5, 5.41) is 4.14. The first-order chi connectivity index (χ1) is 10.3. The molecule has 0 amide bonds. The number of ether oxygens (including phenoxy) is 1. The van der Waals surface area contributed by atoms with Crippen molar-refractivity contribution in [1.82, 2.24) is 9.97 Å². The highest BCUT2D eigenvalue weighted by molar-refractivity contribution is 6.05. The third-order valence-corrected chi connectivity index (χ3v) is 3.24. The lowest BCUT2D eigenvalue weighted by Gasteiger charge is -2.04. The van der Waals surface area contributed by atoms with E-state index in [1.54, 1.807) is 0 Å². The maximum atomic E-state index is 11.1. The smallest absolute Gasteiger partial charge is 0.305 e. The van der Waals surface area contributed by atoms with Crippen LogP contribution in [0.25, 0.3) is 22.1 Å². The Hall–Kier alpha value is -2.63. The van der Waals surface area contributed by atoms with Crippen molar-refractivity contribution in [1.29, 1.82) is 0 Å². The first kappa shape index (κ1) is 13.4. The van der Waals surface area contributed by atoms with Crippen LogP contribution < -0.4 is 5.32 Å². The molecule has 3 aromatic rings. The fourth-order valence-electron chi connectivity index (χ4n) is 2.19. The largest absolute Gasteiger partial charge is 0.469 e. The van der Waals surface area contributed by atoms with Gasteiger partial charge in [0.1, 0.15) is 17.4 Å². The van der Waals surface area contributed by atoms with Crippen LogP contribution >= 0.6 is 0 Å². The third kappa shape index (κ3) is 2.65. The summed E-state index contributed by atoms with van der Waals surface area (Å²) in [6.07, 6.45) is 2.54. The number of para-hydroxylation sites is 1. The van der Waals surface area contributed by atoms with Crippen LogP contribution in [0.5, 0.6) is 0 Å². The van der Waals surface area contributed by atoms with Gasteiger partial charge >= 0.3 is 5.97 Å². The number of carbonyl (C=O) groups is 1. The van der Waals surface area contributed by atoms with E-state index in [0.717, 1.165) is 16.5 Å². The molecule has 0 unspecified atom stereocenters. The average molecular weight is 285 g/mol. The van der Waals surface area contributed by atoms with Crippen LogP contribution in [0.15, 0.2) is 35.0 Å². The Kier molecular flexibility index (Phi) is 3.68. The van der Waals surface area contributed by atoms with Crippen molar-refractivity contribution in [2.75, 3.05) is 19.0 Å². The molecular weight excluding hydrogens is 270 g/mol. The van der Waals surface area contributed by atoms with E-state index in [0.29, 0.717) is 30.8 Å². The molecule has 0 bridgehead atoms. The molecule has 1 aromatic carbocycles. The summed E-state index contributed by atoms with van der Waals surface area (Å²) in [5.74, 6) is 0.425. The van der Waals surface area contributed by atoms with Gasteiger partial charge in [-0.15, -0.1) is 0 Å². The molecule has 1 N–H and O–H groups in total. The number of rotatable bonds is 5. The van der Waals surface area contributed by atoms with E-state index in [-0.39, 0.29) is 5.97 Å². The van der Waals surface area contributed by atoms with Gasteiger partial charge in [-0.1, -0.05) is 12.1 Å². The maximum absolute atomic E-state index is 11.1. The molecule has 0 aliphatic heterocycles. The average Bonchev–Trinajstić information content (AvgIpc) is 2.90. The summed E-state index contributed by atoms with van der Waals surface area (Å²) < 4.78 is 10.4. The zero-order chi connectivity index (χ0) is 14.7. The number of hydrogen-bond donors (Lipinski definition) is 1. The quantitative estimate of drug-likeness (QED) is 0.573. The lowest BCUT2D eigenvalue weighted by atomic mass is 10.2. The van der Waals surface area contributed by atoms with Gasteiger partial charge in [-0.05, 0) is 18.6 Å². The molecule has 21 heavy (non-hydrogen) atoms. The normalized spacial score (nSPS) is 10.9. The Labute approximate surface area is 121 Å². The fraction of sp³-hybridized carbons (Fsp3) is 0.267. The summed E-state index contributed by atoms with van der Waals surface area (Å²) in [4.78, 5) is 19.5. The Balaban J connectivity index is 1.81. The predicted octanol–water partition coefficient (Wildman–Crippen LogP) is 2.74. The lowest BCUT2D eigenvalue weighted by molar-refractivity contribution is -0.140. The third-order valence-electron chi connectivity index (χ3n) is 3.24. The second kappa shape index (κ2) is 5.78. The van der Waals surface area contributed by atoms with E-state index in [9.17, 15) is 4.79 Å². The molecule has 0 atom stereocenters. The molecule has 0 saturated carbocycles. The van der Waals surface area contributed by atoms with Gasteiger partial charge in [0.15, 0.2) is 11.4 Å². The summed E-state index contributed by atoms with van der Waals surface area (Å²) in [6.45, 7) is 0.609. The molecule has 2 aromatic heterocycles. The molecular formula is C15H15N3O3. The number of anilines is 1. The highest BCUT2D eigenvalue weighted by Gasteiger charge is 2.12. The molecule has 0 aliphatic carbocycles. The number of nitrogens with one attached hydrogen (secondary N) is 1. The van der Waals surface area contributed by atoms with E-state index >= 15 is 0 Å². The predicted molar refractivity (Wildman–Crippen MR) is 79.0 cm³/mol. The molecule has 6 heteroatoms. The highest BCUT2D eigenvalue weighted by atomic mass is 16.5. The van der Waals surface area contributed by atoms with Gasteiger partial charge < -0.3 is 14.5 Å². The van der Waals surface area contributed by atoms with Crippen molar-refractivity contribution < 1.29 is 13.9 Å². The number of carbonyl (C=O) groups excluding carboxylic acids is 1. The minimum Gasteiger partial charge on any atom is -0.469 e. The summed E-state index contributed by atoms with van der Waals surface area (Å²) >= 11 is 0. The van der Waals surface area contributed by atoms with E-state index in [2.05, 4.69) is 20.0 Å². The highest BCUT2D eigenvalue weighted by Crippen LogP contribution is 2.30. The molecule has 2 heterocycles. The zero-order valence-corrected chi connectivity index (χ0v) is 11.6. The van der Waals surface area contributed by atoms with Crippen LogP contribution in [0.2, 0.25) is 0 Å². The van der Waals surface area contributed by atoms with Crippen LogP contribution in [-0.4, -0.2) is 29.6 Å². The van der Waals surface area contributed by atoms with Crippen molar-refractivity contribution in [3.8, 4) is 0 Å². The number of fused-ring (bicyclic) bond motifs is 3. The molecule has 0 saturated heterocycles. The van der Waals surface area contributed by atoms with Gasteiger partial charge in [0.2, 0.25) is 0 Å². The monoisotopic (exact) mass is 285 g/mol. The number of esters is 1. The minimum atomic E-state index is -0.214. The summed E-state index contributed by atoms with van der Waals surface area (Å²) in [6, 6.07) is 7.73. The van der Waals surface area contributed by atoms with Gasteiger partial charge in [0.25, 0.3) is 0 Å². The van der Waals surface area contributed by atoms with E-state index in [1.807, 2.05) is 24.3 Å². The Morgan fingerprint density at radius 1 is 1.33 bits per heavy atom. The number of benzene rings is 1. The minimum absolute atomic E-state index is 0.214. The van der Waals surface area contributed by atoms with E-state index in [1.165, 1.54) is 13.4 Å². The molecule has 0 spiro atoms. The zero-order valence-electron chi connectivity index (χ0n) is 11.6. The van der Waals surface area contributed by atoms with Crippen LogP contribution in [0.1, 0.15) is 12.8 Å². The van der Waals surface area contributed by atoms with Gasteiger partial charge in [-0.25, -0.2) is 9.97 Å². The van der Waals surface area contributed by atoms with Crippen molar-refractivity contribution >= 4 is 33.9 Å². The first-order valence-electron chi connectivity index (χ1n) is 6.72. The van der Waals surface area contributed by atoms with Crippen LogP contribution in [0.4, 0.5) is 5.82 Å². The topological polar surface area (TPSA) is 77.2 Å². The van der Waals surface area contributed by atoms with Gasteiger partial charge in [0.05, 0.1) is 7.11 Å². The number of aromatic nitrogens is 2. The fourth-order valence-corrected chi connectivity index (χ4v) is 2.19. The van der Waals surface area contributed by atoms with Crippen molar-refractivity contribution in [2.45, 2.75) is 12.8 Å². The molecule has 0 radical (unpaired) electrons. The van der Waals surface area contributed by atoms with E-state index in [4.69, 9.17) is 4.42 Å². The molecule has 0 aliphatic rings. The van der Waals surface area contributed by atoms with Crippen LogP contribution in [0, 0.1) is 0 Å². The number of furan rings is 1. The lowest BCUT2D eigenvalue weighted by Crippen LogP contribution is -2.07. The molecule has 0 fully saturated rings. The van der Waals surface area contributed by atoms with Crippen molar-refractivity contribution in [3.05, 3.63) is 30.6 Å². The van der Waals surface area contributed by atoms with Crippen molar-refractivity contribution in [2.24, 2.45) is 0 Å². The van der Waals surface area contributed by atoms with Crippen LogP contribution in [-0.2, 0) is 9.53 Å². The molecule has 6 nitrogen and oxygen atoms in total. The summed E-state index contributed by atoms with van der Waals surface area (Å²) in [5.41, 5.74) is 2.21. The second-order valence-corrected chi connectivity index (χ2v) is 4.60. The Morgan fingerprint density at radius 2 is 2.19 bits per heavy atom.